The normalized spacial score (nSPS) is 20.9. The summed E-state index contributed by atoms with van der Waals surface area (Å²) in [7, 11) is 1.85. The molecule has 2 heterocycles. The predicted octanol–water partition coefficient (Wildman–Crippen LogP) is 5.94. The van der Waals surface area contributed by atoms with Crippen molar-refractivity contribution in [1.82, 2.24) is 4.90 Å². The summed E-state index contributed by atoms with van der Waals surface area (Å²) < 4.78 is 0. The Labute approximate surface area is 193 Å². The van der Waals surface area contributed by atoms with Crippen LogP contribution in [0, 0.1) is 6.92 Å². The van der Waals surface area contributed by atoms with E-state index in [1.165, 1.54) is 0 Å². The van der Waals surface area contributed by atoms with Crippen molar-refractivity contribution >= 4 is 28.8 Å². The van der Waals surface area contributed by atoms with Crippen molar-refractivity contribution in [3.05, 3.63) is 87.6 Å². The Balaban J connectivity index is 1.66. The number of hydrogen-bond donors (Lipinski definition) is 0. The standard InChI is InChI=1S/C27H28N2O2S/c1-18-9-7-12-20(17-18)28(2)27(31)24-21-13-5-6-14-22(21)26(30)29(19-10-3-4-11-19)25(24)23-15-8-16-32-23/h5-9,12-17,19,24-25H,3-4,10-11H2,1-2H3. The smallest absolute Gasteiger partial charge is 0.254 e. The minimum absolute atomic E-state index is 0.0250. The number of benzene rings is 2. The fourth-order valence-electron chi connectivity index (χ4n) is 5.34. The van der Waals surface area contributed by atoms with Crippen molar-refractivity contribution in [3.8, 4) is 0 Å². The van der Waals surface area contributed by atoms with Crippen LogP contribution in [0.4, 0.5) is 5.69 Å². The molecule has 5 rings (SSSR count). The van der Waals surface area contributed by atoms with Crippen LogP contribution in [-0.2, 0) is 4.79 Å². The number of rotatable bonds is 4. The second kappa shape index (κ2) is 8.55. The molecule has 5 heteroatoms. The average molecular weight is 445 g/mol. The first-order chi connectivity index (χ1) is 15.6. The van der Waals surface area contributed by atoms with Crippen molar-refractivity contribution < 1.29 is 9.59 Å². The van der Waals surface area contributed by atoms with Gasteiger partial charge in [-0.1, -0.05) is 49.2 Å². The molecule has 3 aromatic rings. The number of amides is 2. The lowest BCUT2D eigenvalue weighted by Crippen LogP contribution is -2.51. The van der Waals surface area contributed by atoms with Gasteiger partial charge >= 0.3 is 0 Å². The molecule has 0 saturated heterocycles. The van der Waals surface area contributed by atoms with E-state index in [1.54, 1.807) is 16.2 Å². The number of carbonyl (C=O) groups excluding carboxylic acids is 2. The van der Waals surface area contributed by atoms with E-state index in [0.717, 1.165) is 47.4 Å². The zero-order chi connectivity index (χ0) is 22.2. The van der Waals surface area contributed by atoms with Crippen LogP contribution >= 0.6 is 11.3 Å². The highest BCUT2D eigenvalue weighted by Gasteiger charge is 2.48. The van der Waals surface area contributed by atoms with Crippen LogP contribution in [0.3, 0.4) is 0 Å². The van der Waals surface area contributed by atoms with Gasteiger partial charge in [-0.05, 0) is 60.5 Å². The van der Waals surface area contributed by atoms with E-state index in [2.05, 4.69) is 6.07 Å². The molecule has 32 heavy (non-hydrogen) atoms. The molecule has 2 amide bonds. The molecular weight excluding hydrogens is 416 g/mol. The summed E-state index contributed by atoms with van der Waals surface area (Å²) in [6.45, 7) is 2.03. The highest BCUT2D eigenvalue weighted by molar-refractivity contribution is 7.10. The van der Waals surface area contributed by atoms with E-state index < -0.39 is 5.92 Å². The Morgan fingerprint density at radius 1 is 1.03 bits per heavy atom. The zero-order valence-corrected chi connectivity index (χ0v) is 19.3. The fourth-order valence-corrected chi connectivity index (χ4v) is 6.20. The SMILES string of the molecule is Cc1cccc(N(C)C(=O)C2c3ccccc3C(=O)N(C3CCCC3)C2c2cccs2)c1. The summed E-state index contributed by atoms with van der Waals surface area (Å²) in [5.41, 5.74) is 3.50. The van der Waals surface area contributed by atoms with E-state index in [0.29, 0.717) is 5.56 Å². The van der Waals surface area contributed by atoms with Crippen LogP contribution in [0.5, 0.6) is 0 Å². The number of anilines is 1. The first-order valence-electron chi connectivity index (χ1n) is 11.4. The van der Waals surface area contributed by atoms with Gasteiger partial charge in [0.15, 0.2) is 0 Å². The summed E-state index contributed by atoms with van der Waals surface area (Å²) in [4.78, 5) is 32.8. The number of fused-ring (bicyclic) bond motifs is 1. The lowest BCUT2D eigenvalue weighted by Gasteiger charge is -2.45. The van der Waals surface area contributed by atoms with E-state index in [-0.39, 0.29) is 23.9 Å². The minimum atomic E-state index is -0.436. The molecule has 0 radical (unpaired) electrons. The van der Waals surface area contributed by atoms with Gasteiger partial charge in [-0.15, -0.1) is 11.3 Å². The Kier molecular flexibility index (Phi) is 5.60. The highest BCUT2D eigenvalue weighted by atomic mass is 32.1. The lowest BCUT2D eigenvalue weighted by molar-refractivity contribution is -0.121. The Morgan fingerprint density at radius 2 is 1.81 bits per heavy atom. The number of aryl methyl sites for hydroxylation is 1. The van der Waals surface area contributed by atoms with Crippen LogP contribution < -0.4 is 4.90 Å². The quantitative estimate of drug-likeness (QED) is 0.499. The van der Waals surface area contributed by atoms with Gasteiger partial charge in [0, 0.05) is 29.2 Å². The maximum absolute atomic E-state index is 14.1. The summed E-state index contributed by atoms with van der Waals surface area (Å²) in [5, 5.41) is 2.04. The predicted molar refractivity (Wildman–Crippen MR) is 129 cm³/mol. The van der Waals surface area contributed by atoms with Gasteiger partial charge in [-0.3, -0.25) is 9.59 Å². The summed E-state index contributed by atoms with van der Waals surface area (Å²) in [5.74, 6) is -0.348. The van der Waals surface area contributed by atoms with Gasteiger partial charge in [0.1, 0.15) is 0 Å². The van der Waals surface area contributed by atoms with Crippen LogP contribution in [0.15, 0.2) is 66.0 Å². The number of thiophene rings is 1. The maximum atomic E-state index is 14.1. The molecule has 0 N–H and O–H groups in total. The molecule has 2 atom stereocenters. The average Bonchev–Trinajstić information content (AvgIpc) is 3.52. The van der Waals surface area contributed by atoms with Gasteiger partial charge in [-0.2, -0.15) is 0 Å². The monoisotopic (exact) mass is 444 g/mol. The molecule has 0 bridgehead atoms. The van der Waals surface area contributed by atoms with Crippen LogP contribution in [-0.4, -0.2) is 29.8 Å². The third-order valence-electron chi connectivity index (χ3n) is 6.91. The third kappa shape index (κ3) is 3.55. The highest BCUT2D eigenvalue weighted by Crippen LogP contribution is 2.48. The minimum Gasteiger partial charge on any atom is -0.327 e. The summed E-state index contributed by atoms with van der Waals surface area (Å²) in [6.07, 6.45) is 4.28. The van der Waals surface area contributed by atoms with Gasteiger partial charge < -0.3 is 9.80 Å². The van der Waals surface area contributed by atoms with E-state index in [9.17, 15) is 9.59 Å². The largest absolute Gasteiger partial charge is 0.327 e. The van der Waals surface area contributed by atoms with Gasteiger partial charge in [0.2, 0.25) is 5.91 Å². The number of likely N-dealkylation sites (N-methyl/N-ethyl adjacent to an activating group) is 1. The van der Waals surface area contributed by atoms with E-state index >= 15 is 0 Å². The molecule has 164 valence electrons. The fraction of sp³-hybridized carbons (Fsp3) is 0.333. The number of carbonyl (C=O) groups is 2. The molecule has 2 aliphatic rings. The second-order valence-corrected chi connectivity index (χ2v) is 9.89. The molecule has 1 saturated carbocycles. The topological polar surface area (TPSA) is 40.6 Å². The molecule has 1 fully saturated rings. The molecule has 2 aromatic carbocycles. The van der Waals surface area contributed by atoms with Gasteiger partial charge in [0.05, 0.1) is 12.0 Å². The molecular formula is C27H28N2O2S. The van der Waals surface area contributed by atoms with Crippen molar-refractivity contribution in [2.24, 2.45) is 0 Å². The van der Waals surface area contributed by atoms with Crippen LogP contribution in [0.2, 0.25) is 0 Å². The molecule has 4 nitrogen and oxygen atoms in total. The maximum Gasteiger partial charge on any atom is 0.254 e. The van der Waals surface area contributed by atoms with E-state index in [4.69, 9.17) is 0 Å². The van der Waals surface area contributed by atoms with Crippen molar-refractivity contribution in [3.63, 3.8) is 0 Å². The van der Waals surface area contributed by atoms with Gasteiger partial charge in [0.25, 0.3) is 5.91 Å². The first-order valence-corrected chi connectivity index (χ1v) is 12.2. The number of nitrogens with zero attached hydrogens (tertiary/aromatic N) is 2. The Hall–Kier alpha value is -2.92. The number of hydrogen-bond acceptors (Lipinski definition) is 3. The zero-order valence-electron chi connectivity index (χ0n) is 18.5. The Bertz CT molecular complexity index is 1130. The van der Waals surface area contributed by atoms with Crippen LogP contribution in [0.1, 0.15) is 64.0 Å². The second-order valence-electron chi connectivity index (χ2n) is 8.91. The molecule has 1 aromatic heterocycles. The van der Waals surface area contributed by atoms with Crippen molar-refractivity contribution in [2.75, 3.05) is 11.9 Å². The van der Waals surface area contributed by atoms with Crippen molar-refractivity contribution in [1.29, 1.82) is 0 Å². The molecule has 2 unspecified atom stereocenters. The summed E-state index contributed by atoms with van der Waals surface area (Å²) in [6, 6.07) is 19.7. The molecule has 1 aliphatic carbocycles. The van der Waals surface area contributed by atoms with E-state index in [1.807, 2.05) is 78.8 Å². The lowest BCUT2D eigenvalue weighted by atomic mass is 9.80. The Morgan fingerprint density at radius 3 is 2.53 bits per heavy atom. The third-order valence-corrected chi connectivity index (χ3v) is 7.86. The first kappa shape index (κ1) is 21.0. The summed E-state index contributed by atoms with van der Waals surface area (Å²) >= 11 is 1.64. The molecule has 0 spiro atoms. The van der Waals surface area contributed by atoms with Gasteiger partial charge in [-0.25, -0.2) is 0 Å². The van der Waals surface area contributed by atoms with Crippen molar-refractivity contribution in [2.45, 2.75) is 50.6 Å². The van der Waals surface area contributed by atoms with Crippen LogP contribution in [0.25, 0.3) is 0 Å². The molecule has 1 aliphatic heterocycles.